The zero-order chi connectivity index (χ0) is 17.9. The molecule has 134 valence electrons. The van der Waals surface area contributed by atoms with Gasteiger partial charge in [0.2, 0.25) is 0 Å². The van der Waals surface area contributed by atoms with E-state index in [9.17, 15) is 9.18 Å². The first-order valence-electron chi connectivity index (χ1n) is 8.45. The lowest BCUT2D eigenvalue weighted by Crippen LogP contribution is -2.19. The number of hydrogen-bond donors (Lipinski definition) is 2. The van der Waals surface area contributed by atoms with Gasteiger partial charge in [0, 0.05) is 31.2 Å². The van der Waals surface area contributed by atoms with Crippen molar-refractivity contribution in [3.05, 3.63) is 54.2 Å². The van der Waals surface area contributed by atoms with Crippen LogP contribution in [0.4, 0.5) is 15.8 Å². The Bertz CT molecular complexity index is 936. The van der Waals surface area contributed by atoms with Crippen LogP contribution in [0.1, 0.15) is 23.2 Å². The fourth-order valence-electron chi connectivity index (χ4n) is 2.95. The summed E-state index contributed by atoms with van der Waals surface area (Å²) >= 11 is 0. The van der Waals surface area contributed by atoms with Crippen LogP contribution < -0.4 is 10.6 Å². The second-order valence-corrected chi connectivity index (χ2v) is 6.11. The molecule has 1 amide bonds. The average molecular weight is 355 g/mol. The van der Waals surface area contributed by atoms with E-state index in [2.05, 4.69) is 20.7 Å². The minimum absolute atomic E-state index is 0.122. The first kappa shape index (κ1) is 16.5. The Morgan fingerprint density at radius 1 is 1.42 bits per heavy atom. The third-order valence-electron chi connectivity index (χ3n) is 4.30. The van der Waals surface area contributed by atoms with Crippen LogP contribution in [0, 0.1) is 5.82 Å². The lowest BCUT2D eigenvalue weighted by atomic mass is 10.2. The van der Waals surface area contributed by atoms with Crippen molar-refractivity contribution in [3.8, 4) is 0 Å². The van der Waals surface area contributed by atoms with Crippen molar-refractivity contribution in [1.29, 1.82) is 0 Å². The van der Waals surface area contributed by atoms with Gasteiger partial charge < -0.3 is 15.4 Å². The van der Waals surface area contributed by atoms with E-state index in [0.717, 1.165) is 19.4 Å². The highest BCUT2D eigenvalue weighted by molar-refractivity contribution is 6.08. The Morgan fingerprint density at radius 2 is 2.35 bits per heavy atom. The standard InChI is InChI=1S/C18H18FN5O2/c19-15-9-12(4-5-16(15)21-10-13-3-1-8-26-13)23-18(25)14-11-22-24-7-2-6-20-17(14)24/h2,4-7,9,11,13,21H,1,3,8,10H2,(H,23,25). The molecule has 1 unspecified atom stereocenters. The number of hydrogen-bond acceptors (Lipinski definition) is 5. The molecule has 8 heteroatoms. The number of carbonyl (C=O) groups excluding carboxylic acids is 1. The Morgan fingerprint density at radius 3 is 3.15 bits per heavy atom. The summed E-state index contributed by atoms with van der Waals surface area (Å²) in [7, 11) is 0. The molecule has 1 aliphatic heterocycles. The molecule has 1 saturated heterocycles. The summed E-state index contributed by atoms with van der Waals surface area (Å²) in [5.41, 5.74) is 1.52. The van der Waals surface area contributed by atoms with E-state index in [1.807, 2.05) is 0 Å². The molecular weight excluding hydrogens is 337 g/mol. The van der Waals surface area contributed by atoms with Gasteiger partial charge in [0.25, 0.3) is 5.91 Å². The molecule has 1 aromatic carbocycles. The van der Waals surface area contributed by atoms with E-state index in [4.69, 9.17) is 4.74 Å². The Balaban J connectivity index is 1.44. The van der Waals surface area contributed by atoms with Crippen molar-refractivity contribution in [2.75, 3.05) is 23.8 Å². The van der Waals surface area contributed by atoms with Crippen molar-refractivity contribution < 1.29 is 13.9 Å². The van der Waals surface area contributed by atoms with Gasteiger partial charge in [0.1, 0.15) is 11.4 Å². The van der Waals surface area contributed by atoms with Gasteiger partial charge in [0.15, 0.2) is 5.65 Å². The number of anilines is 2. The third-order valence-corrected chi connectivity index (χ3v) is 4.30. The van der Waals surface area contributed by atoms with Gasteiger partial charge in [-0.15, -0.1) is 0 Å². The molecule has 1 fully saturated rings. The molecule has 0 radical (unpaired) electrons. The quantitative estimate of drug-likeness (QED) is 0.736. The molecule has 4 rings (SSSR count). The second kappa shape index (κ2) is 7.09. The first-order chi connectivity index (χ1) is 12.7. The topological polar surface area (TPSA) is 80.5 Å². The van der Waals surface area contributed by atoms with Crippen LogP contribution in [-0.4, -0.2) is 39.8 Å². The number of ether oxygens (including phenoxy) is 1. The minimum Gasteiger partial charge on any atom is -0.380 e. The maximum atomic E-state index is 14.3. The van der Waals surface area contributed by atoms with Gasteiger partial charge in [-0.1, -0.05) is 0 Å². The number of halogens is 1. The SMILES string of the molecule is O=C(Nc1ccc(NCC2CCCO2)c(F)c1)c1cnn2cccnc12. The molecule has 0 bridgehead atoms. The van der Waals surface area contributed by atoms with Crippen LogP contribution in [-0.2, 0) is 4.74 Å². The summed E-state index contributed by atoms with van der Waals surface area (Å²) < 4.78 is 21.3. The maximum absolute atomic E-state index is 14.3. The smallest absolute Gasteiger partial charge is 0.261 e. The molecule has 2 aromatic heterocycles. The Kier molecular flexibility index (Phi) is 4.49. The Hall–Kier alpha value is -3.00. The summed E-state index contributed by atoms with van der Waals surface area (Å²) in [6.07, 6.45) is 6.87. The number of carbonyl (C=O) groups is 1. The number of benzene rings is 1. The van der Waals surface area contributed by atoms with Gasteiger partial charge in [-0.2, -0.15) is 5.10 Å². The molecule has 0 saturated carbocycles. The van der Waals surface area contributed by atoms with E-state index in [1.165, 1.54) is 16.8 Å². The molecule has 0 aliphatic carbocycles. The van der Waals surface area contributed by atoms with Crippen molar-refractivity contribution in [2.24, 2.45) is 0 Å². The van der Waals surface area contributed by atoms with E-state index >= 15 is 0 Å². The lowest BCUT2D eigenvalue weighted by molar-refractivity contribution is 0.102. The fraction of sp³-hybridized carbons (Fsp3) is 0.278. The predicted octanol–water partition coefficient (Wildman–Crippen LogP) is 2.71. The monoisotopic (exact) mass is 355 g/mol. The summed E-state index contributed by atoms with van der Waals surface area (Å²) in [6.45, 7) is 1.33. The van der Waals surface area contributed by atoms with Gasteiger partial charge in [-0.3, -0.25) is 4.79 Å². The van der Waals surface area contributed by atoms with Crippen molar-refractivity contribution in [3.63, 3.8) is 0 Å². The van der Waals surface area contributed by atoms with Gasteiger partial charge in [-0.05, 0) is 37.1 Å². The highest BCUT2D eigenvalue weighted by atomic mass is 19.1. The number of fused-ring (bicyclic) bond motifs is 1. The molecule has 0 spiro atoms. The van der Waals surface area contributed by atoms with Gasteiger partial charge in [-0.25, -0.2) is 13.9 Å². The number of amides is 1. The molecule has 2 N–H and O–H groups in total. The van der Waals surface area contributed by atoms with Crippen LogP contribution >= 0.6 is 0 Å². The van der Waals surface area contributed by atoms with Crippen LogP contribution in [0.2, 0.25) is 0 Å². The predicted molar refractivity (Wildman–Crippen MR) is 94.8 cm³/mol. The van der Waals surface area contributed by atoms with Crippen LogP contribution in [0.3, 0.4) is 0 Å². The number of aromatic nitrogens is 3. The van der Waals surface area contributed by atoms with E-state index in [1.54, 1.807) is 30.6 Å². The molecule has 1 aliphatic rings. The molecule has 3 heterocycles. The normalized spacial score (nSPS) is 16.7. The fourth-order valence-corrected chi connectivity index (χ4v) is 2.95. The number of nitrogens with zero attached hydrogens (tertiary/aromatic N) is 3. The first-order valence-corrected chi connectivity index (χ1v) is 8.45. The van der Waals surface area contributed by atoms with Gasteiger partial charge >= 0.3 is 0 Å². The number of rotatable bonds is 5. The molecule has 3 aromatic rings. The minimum atomic E-state index is -0.432. The van der Waals surface area contributed by atoms with Crippen LogP contribution in [0.5, 0.6) is 0 Å². The highest BCUT2D eigenvalue weighted by Gasteiger charge is 2.17. The highest BCUT2D eigenvalue weighted by Crippen LogP contribution is 2.21. The average Bonchev–Trinajstić information content (AvgIpc) is 3.30. The zero-order valence-corrected chi connectivity index (χ0v) is 14.0. The molecule has 1 atom stereocenters. The summed E-state index contributed by atoms with van der Waals surface area (Å²) in [6, 6.07) is 6.26. The summed E-state index contributed by atoms with van der Waals surface area (Å²) in [5.74, 6) is -0.822. The third kappa shape index (κ3) is 3.36. The number of nitrogens with one attached hydrogen (secondary N) is 2. The molecule has 7 nitrogen and oxygen atoms in total. The van der Waals surface area contributed by atoms with E-state index in [0.29, 0.717) is 29.1 Å². The van der Waals surface area contributed by atoms with E-state index in [-0.39, 0.29) is 6.10 Å². The van der Waals surface area contributed by atoms with Crippen molar-refractivity contribution in [1.82, 2.24) is 14.6 Å². The zero-order valence-electron chi connectivity index (χ0n) is 14.0. The summed E-state index contributed by atoms with van der Waals surface area (Å²) in [5, 5.41) is 9.80. The largest absolute Gasteiger partial charge is 0.380 e. The van der Waals surface area contributed by atoms with E-state index < -0.39 is 11.7 Å². The molecule has 26 heavy (non-hydrogen) atoms. The lowest BCUT2D eigenvalue weighted by Gasteiger charge is -2.13. The molecular formula is C18H18FN5O2. The summed E-state index contributed by atoms with van der Waals surface area (Å²) in [4.78, 5) is 16.6. The Labute approximate surface area is 149 Å². The van der Waals surface area contributed by atoms with Gasteiger partial charge in [0.05, 0.1) is 18.0 Å². The van der Waals surface area contributed by atoms with Crippen molar-refractivity contribution in [2.45, 2.75) is 18.9 Å². The maximum Gasteiger partial charge on any atom is 0.261 e. The van der Waals surface area contributed by atoms with Crippen LogP contribution in [0.15, 0.2) is 42.9 Å². The second-order valence-electron chi connectivity index (χ2n) is 6.11. The van der Waals surface area contributed by atoms with Crippen LogP contribution in [0.25, 0.3) is 5.65 Å². The van der Waals surface area contributed by atoms with Crippen molar-refractivity contribution >= 4 is 22.9 Å².